The molecule has 0 radical (unpaired) electrons. The highest BCUT2D eigenvalue weighted by molar-refractivity contribution is 8.11. The van der Waals surface area contributed by atoms with Gasteiger partial charge in [0.15, 0.2) is 10.8 Å². The molecule has 0 N–H and O–H groups in total. The Bertz CT molecular complexity index is 1210. The van der Waals surface area contributed by atoms with Gasteiger partial charge in [-0.2, -0.15) is 0 Å². The summed E-state index contributed by atoms with van der Waals surface area (Å²) in [6, 6.07) is 0. The van der Waals surface area contributed by atoms with E-state index in [0.29, 0.717) is 32.1 Å². The Morgan fingerprint density at radius 2 is 0.870 bits per heavy atom. The van der Waals surface area contributed by atoms with E-state index in [9.17, 15) is 16.8 Å². The Balaban J connectivity index is 6.38. The van der Waals surface area contributed by atoms with Gasteiger partial charge in [0.1, 0.15) is 21.6 Å². The second-order valence-electron chi connectivity index (χ2n) is 11.6. The van der Waals surface area contributed by atoms with Gasteiger partial charge in [-0.05, 0) is 38.0 Å². The van der Waals surface area contributed by atoms with Crippen LogP contribution in [0.5, 0.6) is 0 Å². The first-order valence-corrected chi connectivity index (χ1v) is 22.0. The predicted molar refractivity (Wildman–Crippen MR) is 205 cm³/mol. The molecule has 0 aliphatic heterocycles. The van der Waals surface area contributed by atoms with Gasteiger partial charge in [-0.3, -0.25) is 0 Å². The number of hydrogen-bond acceptors (Lipinski definition) is 4. The second kappa shape index (κ2) is 32.1. The molecule has 0 aliphatic rings. The molecule has 0 amide bonds. The van der Waals surface area contributed by atoms with Crippen LogP contribution in [0.1, 0.15) is 182 Å². The minimum atomic E-state index is -2.11. The molecule has 4 unspecified atom stereocenters. The molecule has 0 aromatic heterocycles. The SMILES string of the molecule is CCCCCCC#CS(=O)C(C#CS(=O)C#CCCCCCCCC)(C(CCCCCCC)=S=O)S(=O)C#CCCCCCCC. The Morgan fingerprint density at radius 1 is 0.500 bits per heavy atom. The zero-order chi connectivity index (χ0) is 34.1. The molecular weight excluding hydrogens is 649 g/mol. The van der Waals surface area contributed by atoms with Crippen molar-refractivity contribution in [1.82, 2.24) is 0 Å². The summed E-state index contributed by atoms with van der Waals surface area (Å²) in [6.07, 6.45) is 23.1. The van der Waals surface area contributed by atoms with Gasteiger partial charge in [0.05, 0.1) is 16.1 Å². The van der Waals surface area contributed by atoms with Gasteiger partial charge in [0, 0.05) is 40.3 Å². The highest BCUT2D eigenvalue weighted by Gasteiger charge is 2.46. The third-order valence-electron chi connectivity index (χ3n) is 7.52. The fourth-order valence-electron chi connectivity index (χ4n) is 4.67. The highest BCUT2D eigenvalue weighted by atomic mass is 32.2. The minimum Gasteiger partial charge on any atom is -0.243 e. The molecule has 46 heavy (non-hydrogen) atoms. The third kappa shape index (κ3) is 21.5. The summed E-state index contributed by atoms with van der Waals surface area (Å²) in [6.45, 7) is 8.63. The molecule has 0 aliphatic carbocycles. The molecule has 8 heteroatoms. The van der Waals surface area contributed by atoms with Crippen molar-refractivity contribution in [2.24, 2.45) is 0 Å². The lowest BCUT2D eigenvalue weighted by atomic mass is 10.1. The van der Waals surface area contributed by atoms with Crippen molar-refractivity contribution >= 4 is 48.5 Å². The summed E-state index contributed by atoms with van der Waals surface area (Å²) in [5.74, 6) is 11.8. The van der Waals surface area contributed by atoms with E-state index in [1.54, 1.807) is 0 Å². The predicted octanol–water partition coefficient (Wildman–Crippen LogP) is 9.60. The Hall–Kier alpha value is -1.42. The van der Waals surface area contributed by atoms with E-state index < -0.39 is 36.5 Å². The van der Waals surface area contributed by atoms with Gasteiger partial charge < -0.3 is 0 Å². The van der Waals surface area contributed by atoms with Gasteiger partial charge in [-0.25, -0.2) is 16.8 Å². The molecule has 0 saturated carbocycles. The molecule has 4 atom stereocenters. The smallest absolute Gasteiger partial charge is 0.238 e. The molecule has 0 bridgehead atoms. The fourth-order valence-corrected chi connectivity index (χ4v) is 8.84. The summed E-state index contributed by atoms with van der Waals surface area (Å²) >= 11 is 0.192. The van der Waals surface area contributed by atoms with Crippen LogP contribution < -0.4 is 0 Å². The van der Waals surface area contributed by atoms with Crippen molar-refractivity contribution in [3.05, 3.63) is 0 Å². The van der Waals surface area contributed by atoms with Crippen molar-refractivity contribution in [1.29, 1.82) is 0 Å². The average Bonchev–Trinajstić information content (AvgIpc) is 3.06. The maximum Gasteiger partial charge on any atom is 0.238 e. The van der Waals surface area contributed by atoms with Crippen molar-refractivity contribution in [3.63, 3.8) is 0 Å². The first-order chi connectivity index (χ1) is 22.4. The largest absolute Gasteiger partial charge is 0.243 e. The van der Waals surface area contributed by atoms with Crippen molar-refractivity contribution in [3.8, 4) is 44.7 Å². The van der Waals surface area contributed by atoms with Crippen molar-refractivity contribution in [2.45, 2.75) is 186 Å². The van der Waals surface area contributed by atoms with Gasteiger partial charge in [-0.1, -0.05) is 148 Å². The van der Waals surface area contributed by atoms with E-state index in [2.05, 4.69) is 72.4 Å². The normalized spacial score (nSPS) is 13.6. The van der Waals surface area contributed by atoms with Crippen LogP contribution in [0, 0.1) is 44.7 Å². The van der Waals surface area contributed by atoms with Gasteiger partial charge in [0.25, 0.3) is 0 Å². The lowest BCUT2D eigenvalue weighted by Gasteiger charge is -2.22. The van der Waals surface area contributed by atoms with Crippen LogP contribution in [-0.2, 0) is 43.7 Å². The molecule has 0 rings (SSSR count). The summed E-state index contributed by atoms with van der Waals surface area (Å²) < 4.78 is 51.7. The van der Waals surface area contributed by atoms with Crippen LogP contribution in [0.2, 0.25) is 0 Å². The minimum absolute atomic E-state index is 0.192. The molecule has 0 aromatic carbocycles. The first-order valence-electron chi connectivity index (χ1n) is 17.8. The van der Waals surface area contributed by atoms with E-state index in [0.717, 1.165) is 89.9 Å². The lowest BCUT2D eigenvalue weighted by molar-refractivity contribution is 0.614. The van der Waals surface area contributed by atoms with E-state index in [-0.39, 0.29) is 16.1 Å². The molecule has 4 nitrogen and oxygen atoms in total. The van der Waals surface area contributed by atoms with Crippen LogP contribution in [0.3, 0.4) is 0 Å². The van der Waals surface area contributed by atoms with E-state index in [4.69, 9.17) is 0 Å². The summed E-state index contributed by atoms with van der Waals surface area (Å²) in [5, 5.41) is 10.9. The van der Waals surface area contributed by atoms with Crippen LogP contribution in [0.4, 0.5) is 0 Å². The highest BCUT2D eigenvalue weighted by Crippen LogP contribution is 2.25. The average molecular weight is 709 g/mol. The zero-order valence-electron chi connectivity index (χ0n) is 29.2. The molecular formula is C38H60O4S4. The number of hydrogen-bond donors (Lipinski definition) is 0. The maximum atomic E-state index is 14.0. The molecule has 0 fully saturated rings. The van der Waals surface area contributed by atoms with E-state index >= 15 is 0 Å². The lowest BCUT2D eigenvalue weighted by Crippen LogP contribution is -2.45. The summed E-state index contributed by atoms with van der Waals surface area (Å²) in [4.78, 5) is 0.197. The summed E-state index contributed by atoms with van der Waals surface area (Å²) in [7, 11) is -6.10. The van der Waals surface area contributed by atoms with Crippen LogP contribution in [-0.4, -0.2) is 25.8 Å². The number of rotatable bonds is 24. The monoisotopic (exact) mass is 708 g/mol. The van der Waals surface area contributed by atoms with Gasteiger partial charge >= 0.3 is 0 Å². The third-order valence-corrected chi connectivity index (χ3v) is 12.4. The molecule has 0 heterocycles. The first kappa shape index (κ1) is 44.6. The van der Waals surface area contributed by atoms with Gasteiger partial charge in [-0.15, -0.1) is 0 Å². The Labute approximate surface area is 294 Å². The van der Waals surface area contributed by atoms with Crippen molar-refractivity contribution in [2.75, 3.05) is 0 Å². The van der Waals surface area contributed by atoms with Crippen LogP contribution in [0.15, 0.2) is 0 Å². The second-order valence-corrected chi connectivity index (χ2v) is 16.2. The van der Waals surface area contributed by atoms with E-state index in [1.807, 2.05) is 0 Å². The molecule has 0 spiro atoms. The summed E-state index contributed by atoms with van der Waals surface area (Å²) in [5.41, 5.74) is 0. The standard InChI is InChI=1S/C38H60O4S4/c1-5-9-13-17-20-22-24-28-33-44(40)36-32-38(37(43-39)31-27-23-16-12-8-4,45(41)34-29-25-19-15-11-7-3)46(42)35-30-26-21-18-14-10-6-2/h5-27,31H2,1-4H3. The van der Waals surface area contributed by atoms with E-state index in [1.165, 1.54) is 32.1 Å². The van der Waals surface area contributed by atoms with Gasteiger partial charge in [0.2, 0.25) is 4.08 Å². The molecule has 260 valence electrons. The van der Waals surface area contributed by atoms with Crippen LogP contribution in [0.25, 0.3) is 0 Å². The fraction of sp³-hybridized carbons (Fsp3) is 0.763. The topological polar surface area (TPSA) is 68.3 Å². The number of unbranched alkanes of at least 4 members (excludes halogenated alkanes) is 19. The molecule has 0 saturated heterocycles. The quantitative estimate of drug-likeness (QED) is 0.0569. The maximum absolute atomic E-state index is 14.0. The Kier molecular flexibility index (Phi) is 31.2. The van der Waals surface area contributed by atoms with Crippen LogP contribution >= 0.6 is 0 Å². The Morgan fingerprint density at radius 3 is 1.30 bits per heavy atom. The zero-order valence-corrected chi connectivity index (χ0v) is 32.5. The van der Waals surface area contributed by atoms with Crippen molar-refractivity contribution < 1.29 is 16.8 Å². The molecule has 0 aromatic rings.